The molecule has 0 radical (unpaired) electrons. The van der Waals surface area contributed by atoms with E-state index in [4.69, 9.17) is 4.43 Å². The molecule has 0 aliphatic rings. The lowest BCUT2D eigenvalue weighted by Gasteiger charge is -2.21. The third-order valence-electron chi connectivity index (χ3n) is 2.10. The summed E-state index contributed by atoms with van der Waals surface area (Å²) in [5.74, 6) is 0. The molecule has 0 amide bonds. The first kappa shape index (κ1) is 12.9. The zero-order valence-corrected chi connectivity index (χ0v) is 10.8. The van der Waals surface area contributed by atoms with Crippen LogP contribution in [0.2, 0.25) is 19.1 Å². The van der Waals surface area contributed by atoms with Crippen molar-refractivity contribution in [1.29, 1.82) is 0 Å². The number of hydrogen-bond acceptors (Lipinski definition) is 1. The van der Waals surface area contributed by atoms with Gasteiger partial charge in [0.1, 0.15) is 0 Å². The maximum Gasteiger partial charge on any atom is 0.187 e. The van der Waals surface area contributed by atoms with Crippen LogP contribution in [0.3, 0.4) is 0 Å². The molecule has 0 saturated carbocycles. The maximum absolute atomic E-state index is 5.90. The molecule has 0 N–H and O–H groups in total. The Bertz CT molecular complexity index is 157. The lowest BCUT2D eigenvalue weighted by molar-refractivity contribution is 0.349. The van der Waals surface area contributed by atoms with Crippen molar-refractivity contribution < 1.29 is 4.43 Å². The third kappa shape index (κ3) is 8.25. The van der Waals surface area contributed by atoms with E-state index in [9.17, 15) is 0 Å². The van der Waals surface area contributed by atoms with Gasteiger partial charge in [-0.25, -0.2) is 0 Å². The Balaban J connectivity index is 3.68. The summed E-state index contributed by atoms with van der Waals surface area (Å²) >= 11 is 0. The number of unbranched alkanes of at least 4 members (excludes halogenated alkanes) is 1. The van der Waals surface area contributed by atoms with Gasteiger partial charge in [0.2, 0.25) is 0 Å². The smallest absolute Gasteiger partial charge is 0.187 e. The molecule has 0 aromatic carbocycles. The molecular weight excluding hydrogens is 176 g/mol. The van der Waals surface area contributed by atoms with E-state index in [1.54, 1.807) is 0 Å². The molecule has 0 unspecified atom stereocenters. The van der Waals surface area contributed by atoms with Crippen molar-refractivity contribution in [2.45, 2.75) is 52.8 Å². The van der Waals surface area contributed by atoms with Crippen LogP contribution in [0, 0.1) is 0 Å². The molecule has 2 heteroatoms. The van der Waals surface area contributed by atoms with Crippen LogP contribution in [0.25, 0.3) is 0 Å². The summed E-state index contributed by atoms with van der Waals surface area (Å²) < 4.78 is 5.90. The molecular formula is C11H24OSi. The van der Waals surface area contributed by atoms with Gasteiger partial charge in [0.25, 0.3) is 0 Å². The molecule has 0 aromatic rings. The normalized spacial score (nSPS) is 11.5. The van der Waals surface area contributed by atoms with Gasteiger partial charge in [0.15, 0.2) is 8.32 Å². The monoisotopic (exact) mass is 200 g/mol. The molecule has 13 heavy (non-hydrogen) atoms. The third-order valence-corrected chi connectivity index (χ3v) is 4.60. The molecule has 0 aliphatic carbocycles. The molecule has 0 saturated heterocycles. The van der Waals surface area contributed by atoms with E-state index in [0.717, 1.165) is 6.61 Å². The van der Waals surface area contributed by atoms with Crippen LogP contribution in [-0.4, -0.2) is 14.9 Å². The standard InChI is InChI=1S/C11H24OSi/c1-6-7-10-13(4,5)12-9-8-11(2)3/h8H,6-7,9-10H2,1-5H3. The van der Waals surface area contributed by atoms with Crippen LogP contribution in [0.15, 0.2) is 11.6 Å². The highest BCUT2D eigenvalue weighted by Crippen LogP contribution is 2.14. The fraction of sp³-hybridized carbons (Fsp3) is 0.818. The minimum Gasteiger partial charge on any atom is -0.414 e. The molecule has 0 heterocycles. The highest BCUT2D eigenvalue weighted by molar-refractivity contribution is 6.71. The Morgan fingerprint density at radius 3 is 2.38 bits per heavy atom. The van der Waals surface area contributed by atoms with Crippen LogP contribution >= 0.6 is 0 Å². The number of allylic oxidation sites excluding steroid dienone is 1. The molecule has 0 aromatic heterocycles. The zero-order chi connectivity index (χ0) is 10.3. The van der Waals surface area contributed by atoms with Gasteiger partial charge < -0.3 is 4.43 Å². The van der Waals surface area contributed by atoms with E-state index in [1.165, 1.54) is 24.5 Å². The molecule has 0 bridgehead atoms. The van der Waals surface area contributed by atoms with Crippen LogP contribution in [0.5, 0.6) is 0 Å². The van der Waals surface area contributed by atoms with Gasteiger partial charge in [-0.3, -0.25) is 0 Å². The summed E-state index contributed by atoms with van der Waals surface area (Å²) in [6.45, 7) is 11.9. The summed E-state index contributed by atoms with van der Waals surface area (Å²) in [6, 6.07) is 1.29. The summed E-state index contributed by atoms with van der Waals surface area (Å²) in [5.41, 5.74) is 1.35. The van der Waals surface area contributed by atoms with Crippen LogP contribution in [0.4, 0.5) is 0 Å². The average Bonchev–Trinajstić information content (AvgIpc) is 2.00. The fourth-order valence-electron chi connectivity index (χ4n) is 1.11. The lowest BCUT2D eigenvalue weighted by atomic mass is 10.3. The molecule has 0 fully saturated rings. The minimum absolute atomic E-state index is 0.811. The van der Waals surface area contributed by atoms with Crippen molar-refractivity contribution in [3.63, 3.8) is 0 Å². The fourth-order valence-corrected chi connectivity index (χ4v) is 2.99. The second kappa shape index (κ2) is 6.38. The zero-order valence-electron chi connectivity index (χ0n) is 9.81. The molecule has 1 nitrogen and oxygen atoms in total. The summed E-state index contributed by atoms with van der Waals surface area (Å²) in [4.78, 5) is 0. The van der Waals surface area contributed by atoms with Crippen molar-refractivity contribution in [1.82, 2.24) is 0 Å². The van der Waals surface area contributed by atoms with Gasteiger partial charge in [0, 0.05) is 0 Å². The summed E-state index contributed by atoms with van der Waals surface area (Å²) in [7, 11) is -1.34. The van der Waals surface area contributed by atoms with Gasteiger partial charge in [-0.2, -0.15) is 0 Å². The maximum atomic E-state index is 5.90. The van der Waals surface area contributed by atoms with E-state index in [-0.39, 0.29) is 0 Å². The molecule has 0 aliphatic heterocycles. The molecule has 0 spiro atoms. The van der Waals surface area contributed by atoms with Crippen molar-refractivity contribution in [2.24, 2.45) is 0 Å². The Morgan fingerprint density at radius 1 is 1.31 bits per heavy atom. The number of rotatable bonds is 6. The Kier molecular flexibility index (Phi) is 6.34. The quantitative estimate of drug-likeness (QED) is 0.465. The molecule has 0 rings (SSSR count). The second-order valence-electron chi connectivity index (χ2n) is 4.46. The van der Waals surface area contributed by atoms with Crippen LogP contribution in [0.1, 0.15) is 33.6 Å². The van der Waals surface area contributed by atoms with Gasteiger partial charge >= 0.3 is 0 Å². The van der Waals surface area contributed by atoms with Gasteiger partial charge in [0.05, 0.1) is 6.61 Å². The first-order chi connectivity index (χ1) is 5.98. The predicted octanol–water partition coefficient (Wildman–Crippen LogP) is 3.97. The average molecular weight is 200 g/mol. The van der Waals surface area contributed by atoms with E-state index in [2.05, 4.69) is 39.9 Å². The number of hydrogen-bond donors (Lipinski definition) is 0. The van der Waals surface area contributed by atoms with E-state index < -0.39 is 8.32 Å². The van der Waals surface area contributed by atoms with Crippen molar-refractivity contribution in [3.05, 3.63) is 11.6 Å². The largest absolute Gasteiger partial charge is 0.414 e. The van der Waals surface area contributed by atoms with Gasteiger partial charge in [-0.15, -0.1) is 0 Å². The highest BCUT2D eigenvalue weighted by atomic mass is 28.4. The van der Waals surface area contributed by atoms with Crippen LogP contribution < -0.4 is 0 Å². The Labute approximate surface area is 84.3 Å². The Hall–Kier alpha value is -0.0831. The second-order valence-corrected chi connectivity index (χ2v) is 8.76. The van der Waals surface area contributed by atoms with E-state index in [0.29, 0.717) is 0 Å². The minimum atomic E-state index is -1.34. The Morgan fingerprint density at radius 2 is 1.92 bits per heavy atom. The first-order valence-electron chi connectivity index (χ1n) is 5.25. The van der Waals surface area contributed by atoms with E-state index in [1.807, 2.05) is 0 Å². The first-order valence-corrected chi connectivity index (χ1v) is 8.37. The van der Waals surface area contributed by atoms with Gasteiger partial charge in [-0.1, -0.05) is 31.4 Å². The molecule has 0 atom stereocenters. The van der Waals surface area contributed by atoms with Gasteiger partial charge in [-0.05, 0) is 33.0 Å². The summed E-state index contributed by atoms with van der Waals surface area (Å²) in [5, 5.41) is 0. The summed E-state index contributed by atoms with van der Waals surface area (Å²) in [6.07, 6.45) is 4.76. The SMILES string of the molecule is CCCC[Si](C)(C)OCC=C(C)C. The lowest BCUT2D eigenvalue weighted by Crippen LogP contribution is -2.30. The predicted molar refractivity (Wildman–Crippen MR) is 62.6 cm³/mol. The van der Waals surface area contributed by atoms with Crippen molar-refractivity contribution in [2.75, 3.05) is 6.61 Å². The molecule has 78 valence electrons. The highest BCUT2D eigenvalue weighted by Gasteiger charge is 2.20. The topological polar surface area (TPSA) is 9.23 Å². The van der Waals surface area contributed by atoms with Crippen LogP contribution in [-0.2, 0) is 4.43 Å². The van der Waals surface area contributed by atoms with Crippen molar-refractivity contribution in [3.8, 4) is 0 Å². The van der Waals surface area contributed by atoms with E-state index >= 15 is 0 Å². The van der Waals surface area contributed by atoms with Crippen molar-refractivity contribution >= 4 is 8.32 Å².